The Balaban J connectivity index is 1.84. The molecule has 0 spiro atoms. The van der Waals surface area contributed by atoms with E-state index in [0.717, 1.165) is 37.8 Å². The number of aromatic nitrogens is 1. The van der Waals surface area contributed by atoms with E-state index in [2.05, 4.69) is 29.2 Å². The molecular weight excluding hydrogens is 364 g/mol. The summed E-state index contributed by atoms with van der Waals surface area (Å²) in [4.78, 5) is 29.6. The number of aliphatic imine (C=N–C) groups is 1. The Bertz CT molecular complexity index is 899. The molecule has 1 aromatic carbocycles. The van der Waals surface area contributed by atoms with Gasteiger partial charge in [-0.15, -0.1) is 0 Å². The number of rotatable bonds is 7. The van der Waals surface area contributed by atoms with E-state index >= 15 is 0 Å². The van der Waals surface area contributed by atoms with Crippen molar-refractivity contribution in [1.29, 1.82) is 0 Å². The highest BCUT2D eigenvalue weighted by molar-refractivity contribution is 5.84. The van der Waals surface area contributed by atoms with Crippen LogP contribution in [-0.2, 0) is 11.2 Å². The monoisotopic (exact) mass is 394 g/mol. The number of carbonyl (C=O) groups excluding carboxylic acids is 1. The molecule has 0 saturated heterocycles. The van der Waals surface area contributed by atoms with Crippen molar-refractivity contribution in [1.82, 2.24) is 4.57 Å². The van der Waals surface area contributed by atoms with Gasteiger partial charge in [0.1, 0.15) is 11.7 Å². The minimum atomic E-state index is -0.622. The Morgan fingerprint density at radius 3 is 2.55 bits per heavy atom. The van der Waals surface area contributed by atoms with Crippen molar-refractivity contribution >= 4 is 18.3 Å². The van der Waals surface area contributed by atoms with Gasteiger partial charge < -0.3 is 11.1 Å². The summed E-state index contributed by atoms with van der Waals surface area (Å²) in [5.74, 6) is -0.305. The van der Waals surface area contributed by atoms with E-state index in [4.69, 9.17) is 5.73 Å². The van der Waals surface area contributed by atoms with E-state index in [-0.39, 0.29) is 23.4 Å². The summed E-state index contributed by atoms with van der Waals surface area (Å²) < 4.78 is 1.60. The molecule has 1 amide bonds. The number of benzene rings is 1. The molecule has 3 rings (SSSR count). The number of pyridine rings is 1. The molecule has 6 heteroatoms. The van der Waals surface area contributed by atoms with Crippen LogP contribution >= 0.6 is 0 Å². The third kappa shape index (κ3) is 5.01. The highest BCUT2D eigenvalue weighted by Crippen LogP contribution is 2.33. The number of hydrogen-bond acceptors (Lipinski definition) is 4. The lowest BCUT2D eigenvalue weighted by Crippen LogP contribution is -2.39. The fraction of sp³-hybridized carbons (Fsp3) is 0.435. The SMILES string of the molecule is C=NC(=O)C(C1CCC(N)CC1)n1c(C)ccc(NCCc2ccccc2)c1=O. The number of aryl methyl sites for hydroxylation is 1. The third-order valence-corrected chi connectivity index (χ3v) is 5.84. The van der Waals surface area contributed by atoms with Crippen molar-refractivity contribution in [3.8, 4) is 0 Å². The molecule has 1 aliphatic rings. The normalized spacial score (nSPS) is 20.1. The lowest BCUT2D eigenvalue weighted by molar-refractivity contribution is -0.122. The molecule has 1 aliphatic carbocycles. The number of carbonyl (C=O) groups is 1. The zero-order valence-corrected chi connectivity index (χ0v) is 17.0. The number of nitrogens with one attached hydrogen (secondary N) is 1. The Hall–Kier alpha value is -2.73. The summed E-state index contributed by atoms with van der Waals surface area (Å²) in [6.07, 6.45) is 4.14. The van der Waals surface area contributed by atoms with Crippen molar-refractivity contribution in [2.45, 2.75) is 51.1 Å². The van der Waals surface area contributed by atoms with Gasteiger partial charge in [-0.2, -0.15) is 0 Å². The molecule has 1 saturated carbocycles. The van der Waals surface area contributed by atoms with Crippen LogP contribution in [0.15, 0.2) is 52.3 Å². The number of anilines is 1. The lowest BCUT2D eigenvalue weighted by atomic mass is 9.81. The molecule has 154 valence electrons. The number of nitrogens with two attached hydrogens (primary N) is 1. The lowest BCUT2D eigenvalue weighted by Gasteiger charge is -2.33. The molecule has 1 fully saturated rings. The Labute approximate surface area is 171 Å². The minimum absolute atomic E-state index is 0.0452. The van der Waals surface area contributed by atoms with Crippen molar-refractivity contribution in [2.24, 2.45) is 16.6 Å². The van der Waals surface area contributed by atoms with Crippen LogP contribution in [0.3, 0.4) is 0 Å². The standard InChI is InChI=1S/C23H30N4O2/c1-16-8-13-20(26-15-14-17-6-4-3-5-7-17)23(29)27(16)21(22(28)25-2)18-9-11-19(24)12-10-18/h3-8,13,18-19,21,26H,2,9-12,14-15,24H2,1H3. The van der Waals surface area contributed by atoms with Crippen molar-refractivity contribution < 1.29 is 4.79 Å². The highest BCUT2D eigenvalue weighted by Gasteiger charge is 2.34. The van der Waals surface area contributed by atoms with Gasteiger partial charge in [0, 0.05) is 18.3 Å². The van der Waals surface area contributed by atoms with Crippen LogP contribution in [0.2, 0.25) is 0 Å². The zero-order valence-electron chi connectivity index (χ0n) is 17.0. The van der Waals surface area contributed by atoms with Crippen molar-refractivity contribution in [2.75, 3.05) is 11.9 Å². The molecule has 0 radical (unpaired) electrons. The predicted octanol–water partition coefficient (Wildman–Crippen LogP) is 3.10. The van der Waals surface area contributed by atoms with E-state index < -0.39 is 6.04 Å². The first-order chi connectivity index (χ1) is 14.0. The number of nitrogens with zero attached hydrogens (tertiary/aromatic N) is 2. The van der Waals surface area contributed by atoms with Gasteiger partial charge in [-0.25, -0.2) is 4.99 Å². The first-order valence-corrected chi connectivity index (χ1v) is 10.3. The molecular formula is C23H30N4O2. The van der Waals surface area contributed by atoms with E-state index in [0.29, 0.717) is 12.2 Å². The quantitative estimate of drug-likeness (QED) is 0.706. The van der Waals surface area contributed by atoms with E-state index in [9.17, 15) is 9.59 Å². The summed E-state index contributed by atoms with van der Waals surface area (Å²) in [5.41, 5.74) is 8.30. The minimum Gasteiger partial charge on any atom is -0.380 e. The van der Waals surface area contributed by atoms with Gasteiger partial charge in [0.15, 0.2) is 0 Å². The summed E-state index contributed by atoms with van der Waals surface area (Å²) in [6, 6.07) is 13.3. The Morgan fingerprint density at radius 2 is 1.90 bits per heavy atom. The molecule has 1 atom stereocenters. The van der Waals surface area contributed by atoms with Crippen molar-refractivity contribution in [3.05, 3.63) is 64.1 Å². The third-order valence-electron chi connectivity index (χ3n) is 5.84. The van der Waals surface area contributed by atoms with Gasteiger partial charge in [-0.1, -0.05) is 30.3 Å². The maximum atomic E-state index is 13.3. The van der Waals surface area contributed by atoms with Crippen LogP contribution in [0.25, 0.3) is 0 Å². The van der Waals surface area contributed by atoms with E-state index in [1.54, 1.807) is 10.6 Å². The number of hydrogen-bond donors (Lipinski definition) is 2. The molecule has 1 aromatic heterocycles. The summed E-state index contributed by atoms with van der Waals surface area (Å²) >= 11 is 0. The van der Waals surface area contributed by atoms with Crippen LogP contribution in [0.1, 0.15) is 43.0 Å². The van der Waals surface area contributed by atoms with Crippen LogP contribution in [0.5, 0.6) is 0 Å². The van der Waals surface area contributed by atoms with Crippen LogP contribution in [-0.4, -0.2) is 29.8 Å². The largest absolute Gasteiger partial charge is 0.380 e. The second-order valence-electron chi connectivity index (χ2n) is 7.84. The average Bonchev–Trinajstić information content (AvgIpc) is 2.74. The van der Waals surface area contributed by atoms with Gasteiger partial charge in [0.25, 0.3) is 11.5 Å². The van der Waals surface area contributed by atoms with Crippen LogP contribution in [0.4, 0.5) is 5.69 Å². The summed E-state index contributed by atoms with van der Waals surface area (Å²) in [6.45, 7) is 5.92. The van der Waals surface area contributed by atoms with Gasteiger partial charge in [0.05, 0.1) is 0 Å². The van der Waals surface area contributed by atoms with Crippen molar-refractivity contribution in [3.63, 3.8) is 0 Å². The average molecular weight is 395 g/mol. The zero-order chi connectivity index (χ0) is 20.8. The molecule has 29 heavy (non-hydrogen) atoms. The molecule has 3 N–H and O–H groups in total. The predicted molar refractivity (Wildman–Crippen MR) is 118 cm³/mol. The van der Waals surface area contributed by atoms with Gasteiger partial charge in [-0.3, -0.25) is 14.2 Å². The molecule has 1 heterocycles. The topological polar surface area (TPSA) is 89.5 Å². The molecule has 6 nitrogen and oxygen atoms in total. The highest BCUT2D eigenvalue weighted by atomic mass is 16.2. The van der Waals surface area contributed by atoms with E-state index in [1.165, 1.54) is 5.56 Å². The fourth-order valence-corrected chi connectivity index (χ4v) is 4.19. The molecule has 0 aliphatic heterocycles. The van der Waals surface area contributed by atoms with E-state index in [1.807, 2.05) is 31.2 Å². The van der Waals surface area contributed by atoms with Gasteiger partial charge in [0.2, 0.25) is 0 Å². The van der Waals surface area contributed by atoms with Gasteiger partial charge in [-0.05, 0) is 69.4 Å². The summed E-state index contributed by atoms with van der Waals surface area (Å²) in [7, 11) is 0. The second-order valence-corrected chi connectivity index (χ2v) is 7.84. The maximum Gasteiger partial charge on any atom is 0.274 e. The molecule has 2 aromatic rings. The van der Waals surface area contributed by atoms with Gasteiger partial charge >= 0.3 is 0 Å². The summed E-state index contributed by atoms with van der Waals surface area (Å²) in [5, 5.41) is 3.24. The second kappa shape index (κ2) is 9.65. The number of amides is 1. The first-order valence-electron chi connectivity index (χ1n) is 10.3. The Morgan fingerprint density at radius 1 is 1.21 bits per heavy atom. The molecule has 0 bridgehead atoms. The fourth-order valence-electron chi connectivity index (χ4n) is 4.19. The van der Waals surface area contributed by atoms with Crippen LogP contribution < -0.4 is 16.6 Å². The smallest absolute Gasteiger partial charge is 0.274 e. The molecule has 1 unspecified atom stereocenters. The first kappa shape index (κ1) is 21.0. The Kier molecular flexibility index (Phi) is 6.99. The van der Waals surface area contributed by atoms with Crippen LogP contribution in [0, 0.1) is 12.8 Å². The maximum absolute atomic E-state index is 13.3.